The summed E-state index contributed by atoms with van der Waals surface area (Å²) in [5, 5.41) is 12.1. The Kier molecular flexibility index (Phi) is 9.49. The zero-order chi connectivity index (χ0) is 32.3. The van der Waals surface area contributed by atoms with Crippen LogP contribution in [0.2, 0.25) is 0 Å². The maximum absolute atomic E-state index is 15.1. The standard InChI is InChI=1S/C35H41F2N5O4/c36-27-8-9-30(37)29(16-27)31-17-28(38-18-32(44)45)11-15-42(31)34(46)41-14-10-26(35(22-41)12-4-5-13-35)20-40-19-25(21-43)33(39-23-40)24-6-2-1-3-7-24/h1-3,6-9,16,21,23,26,28,31,38H,4-5,10-15,17-20,22H2,(H,44,45)/t26-,28+,31-/m0/s1. The van der Waals surface area contributed by atoms with Gasteiger partial charge in [-0.2, -0.15) is 0 Å². The molecule has 0 radical (unpaired) electrons. The summed E-state index contributed by atoms with van der Waals surface area (Å²) >= 11 is 0. The molecular weight excluding hydrogens is 592 g/mol. The van der Waals surface area contributed by atoms with E-state index in [4.69, 9.17) is 5.11 Å². The van der Waals surface area contributed by atoms with Gasteiger partial charge in [0, 0.05) is 55.5 Å². The van der Waals surface area contributed by atoms with Crippen LogP contribution in [-0.4, -0.2) is 89.7 Å². The topological polar surface area (TPSA) is 106 Å². The Bertz CT molecular complexity index is 1510. The molecule has 0 bridgehead atoms. The van der Waals surface area contributed by atoms with E-state index in [2.05, 4.69) is 15.2 Å². The number of aldehydes is 1. The van der Waals surface area contributed by atoms with E-state index in [1.807, 2.05) is 41.6 Å². The lowest BCUT2D eigenvalue weighted by molar-refractivity contribution is -0.136. The van der Waals surface area contributed by atoms with Crippen molar-refractivity contribution in [2.24, 2.45) is 16.3 Å². The number of benzene rings is 2. The van der Waals surface area contributed by atoms with Crippen LogP contribution in [0.5, 0.6) is 0 Å². The predicted molar refractivity (Wildman–Crippen MR) is 170 cm³/mol. The Hall–Kier alpha value is -4.12. The van der Waals surface area contributed by atoms with Crippen LogP contribution in [-0.2, 0) is 9.59 Å². The lowest BCUT2D eigenvalue weighted by Crippen LogP contribution is -2.57. The third-order valence-corrected chi connectivity index (χ3v) is 10.4. The first kappa shape index (κ1) is 31.8. The molecule has 2 aromatic carbocycles. The van der Waals surface area contributed by atoms with Crippen molar-refractivity contribution in [3.05, 3.63) is 76.9 Å². The Morgan fingerprint density at radius 3 is 2.59 bits per heavy atom. The number of hydrogen-bond acceptors (Lipinski definition) is 6. The first-order valence-electron chi connectivity index (χ1n) is 16.2. The highest BCUT2D eigenvalue weighted by Crippen LogP contribution is 2.49. The second kappa shape index (κ2) is 13.7. The van der Waals surface area contributed by atoms with E-state index in [9.17, 15) is 18.8 Å². The number of likely N-dealkylation sites (tertiary alicyclic amines) is 2. The summed E-state index contributed by atoms with van der Waals surface area (Å²) < 4.78 is 29.4. The van der Waals surface area contributed by atoms with Crippen LogP contribution >= 0.6 is 0 Å². The number of carbonyl (C=O) groups excluding carboxylic acids is 2. The maximum Gasteiger partial charge on any atom is 0.320 e. The Morgan fingerprint density at radius 1 is 1.07 bits per heavy atom. The van der Waals surface area contributed by atoms with Gasteiger partial charge in [-0.25, -0.2) is 18.6 Å². The van der Waals surface area contributed by atoms with Crippen molar-refractivity contribution in [2.75, 3.05) is 39.3 Å². The number of carboxylic acids is 1. The number of carbonyl (C=O) groups is 3. The van der Waals surface area contributed by atoms with Crippen LogP contribution in [0.25, 0.3) is 5.70 Å². The number of halogens is 2. The highest BCUT2D eigenvalue weighted by atomic mass is 19.1. The van der Waals surface area contributed by atoms with Gasteiger partial charge in [-0.05, 0) is 61.6 Å². The normalized spacial score (nSPS) is 24.5. The zero-order valence-electron chi connectivity index (χ0n) is 25.9. The van der Waals surface area contributed by atoms with Crippen molar-refractivity contribution in [1.29, 1.82) is 0 Å². The van der Waals surface area contributed by atoms with Crippen molar-refractivity contribution < 1.29 is 28.3 Å². The highest BCUT2D eigenvalue weighted by molar-refractivity contribution is 5.92. The van der Waals surface area contributed by atoms with Gasteiger partial charge in [0.15, 0.2) is 0 Å². The molecule has 46 heavy (non-hydrogen) atoms. The number of nitrogens with zero attached hydrogens (tertiary/aromatic N) is 4. The fourth-order valence-corrected chi connectivity index (χ4v) is 8.06. The minimum absolute atomic E-state index is 0.0759. The van der Waals surface area contributed by atoms with Gasteiger partial charge in [-0.1, -0.05) is 43.2 Å². The van der Waals surface area contributed by atoms with E-state index in [-0.39, 0.29) is 36.0 Å². The number of hydrogen-bond donors (Lipinski definition) is 2. The number of piperidine rings is 2. The van der Waals surface area contributed by atoms with Gasteiger partial charge in [0.05, 0.1) is 24.6 Å². The van der Waals surface area contributed by atoms with Gasteiger partial charge < -0.3 is 25.1 Å². The molecule has 2 N–H and O–H groups in total. The van der Waals surface area contributed by atoms with E-state index in [1.54, 1.807) is 4.90 Å². The predicted octanol–water partition coefficient (Wildman–Crippen LogP) is 5.10. The number of rotatable bonds is 8. The van der Waals surface area contributed by atoms with Crippen molar-refractivity contribution >= 4 is 30.3 Å². The maximum atomic E-state index is 15.1. The van der Waals surface area contributed by atoms with E-state index in [0.29, 0.717) is 49.8 Å². The highest BCUT2D eigenvalue weighted by Gasteiger charge is 2.48. The SMILES string of the molecule is O=CC1=C(c2ccccc2)N=CN(C[C@@H]2CCN(C(=O)N3CC[C@@H](NCC(=O)O)C[C@H]3c3cc(F)ccc3F)CC23CCCC3)C1. The second-order valence-electron chi connectivity index (χ2n) is 13.2. The third-order valence-electron chi connectivity index (χ3n) is 10.4. The third kappa shape index (κ3) is 6.70. The lowest BCUT2D eigenvalue weighted by Gasteiger charge is -2.50. The van der Waals surface area contributed by atoms with E-state index < -0.39 is 23.6 Å². The molecule has 11 heteroatoms. The van der Waals surface area contributed by atoms with Gasteiger partial charge in [0.25, 0.3) is 0 Å². The summed E-state index contributed by atoms with van der Waals surface area (Å²) in [4.78, 5) is 47.8. The Labute approximate surface area is 268 Å². The summed E-state index contributed by atoms with van der Waals surface area (Å²) in [6.07, 6.45) is 8.50. The first-order chi connectivity index (χ1) is 22.3. The number of aliphatic imine (C=N–C) groups is 1. The molecule has 3 heterocycles. The molecule has 0 unspecified atom stereocenters. The molecule has 4 aliphatic rings. The van der Waals surface area contributed by atoms with Crippen LogP contribution in [0.4, 0.5) is 13.6 Å². The van der Waals surface area contributed by atoms with Crippen molar-refractivity contribution in [3.63, 3.8) is 0 Å². The van der Waals surface area contributed by atoms with E-state index in [0.717, 1.165) is 68.7 Å². The minimum atomic E-state index is -0.998. The van der Waals surface area contributed by atoms with E-state index in [1.165, 1.54) is 0 Å². The summed E-state index contributed by atoms with van der Waals surface area (Å²) in [5.41, 5.74) is 2.30. The fraction of sp³-hybridized carbons (Fsp3) is 0.486. The van der Waals surface area contributed by atoms with Crippen molar-refractivity contribution in [1.82, 2.24) is 20.0 Å². The molecule has 3 fully saturated rings. The number of amides is 2. The summed E-state index contributed by atoms with van der Waals surface area (Å²) in [5.74, 6) is -1.86. The number of carboxylic acid groups (broad SMARTS) is 1. The molecule has 1 saturated carbocycles. The van der Waals surface area contributed by atoms with Crippen molar-refractivity contribution in [3.8, 4) is 0 Å². The Balaban J connectivity index is 1.18. The molecule has 2 saturated heterocycles. The molecule has 2 aromatic rings. The monoisotopic (exact) mass is 633 g/mol. The minimum Gasteiger partial charge on any atom is -0.480 e. The zero-order valence-corrected chi connectivity index (χ0v) is 25.9. The molecular formula is C35H41F2N5O4. The van der Waals surface area contributed by atoms with Crippen molar-refractivity contribution in [2.45, 2.75) is 57.0 Å². The fourth-order valence-electron chi connectivity index (χ4n) is 8.06. The van der Waals surface area contributed by atoms with Crippen LogP contribution in [0.15, 0.2) is 59.1 Å². The van der Waals surface area contributed by atoms with Gasteiger partial charge in [0.2, 0.25) is 0 Å². The van der Waals surface area contributed by atoms with Gasteiger partial charge >= 0.3 is 12.0 Å². The number of nitrogens with one attached hydrogen (secondary N) is 1. The first-order valence-corrected chi connectivity index (χ1v) is 16.2. The number of urea groups is 1. The summed E-state index contributed by atoms with van der Waals surface area (Å²) in [6, 6.07) is 11.8. The molecule has 2 amide bonds. The molecule has 3 atom stereocenters. The summed E-state index contributed by atoms with van der Waals surface area (Å²) in [7, 11) is 0. The molecule has 3 aliphatic heterocycles. The smallest absolute Gasteiger partial charge is 0.320 e. The molecule has 1 spiro atoms. The molecule has 9 nitrogen and oxygen atoms in total. The van der Waals surface area contributed by atoms with Crippen LogP contribution in [0.3, 0.4) is 0 Å². The quantitative estimate of drug-likeness (QED) is 0.392. The molecule has 1 aliphatic carbocycles. The summed E-state index contributed by atoms with van der Waals surface area (Å²) in [6.45, 7) is 2.41. The second-order valence-corrected chi connectivity index (χ2v) is 13.2. The van der Waals surface area contributed by atoms with Crippen LogP contribution in [0.1, 0.15) is 62.1 Å². The Morgan fingerprint density at radius 2 is 1.85 bits per heavy atom. The van der Waals surface area contributed by atoms with E-state index >= 15 is 4.39 Å². The average molecular weight is 634 g/mol. The van der Waals surface area contributed by atoms with Crippen LogP contribution < -0.4 is 5.32 Å². The molecule has 0 aromatic heterocycles. The van der Waals surface area contributed by atoms with Gasteiger partial charge in [0.1, 0.15) is 17.9 Å². The lowest BCUT2D eigenvalue weighted by atomic mass is 9.69. The molecule has 6 rings (SSSR count). The van der Waals surface area contributed by atoms with Gasteiger partial charge in [-0.15, -0.1) is 0 Å². The van der Waals surface area contributed by atoms with Crippen LogP contribution in [0, 0.1) is 23.0 Å². The average Bonchev–Trinajstić information content (AvgIpc) is 3.54. The number of aliphatic carboxylic acids is 1. The molecule has 244 valence electrons. The van der Waals surface area contributed by atoms with Gasteiger partial charge in [-0.3, -0.25) is 9.59 Å². The largest absolute Gasteiger partial charge is 0.480 e.